The molecule has 29 heavy (non-hydrogen) atoms. The Morgan fingerprint density at radius 2 is 2.03 bits per heavy atom. The third-order valence-electron chi connectivity index (χ3n) is 5.01. The molecule has 0 spiro atoms. The zero-order valence-corrected chi connectivity index (χ0v) is 16.8. The zero-order chi connectivity index (χ0) is 21.2. The first-order chi connectivity index (χ1) is 13.6. The number of aromatic nitrogens is 2. The molecule has 0 amide bonds. The summed E-state index contributed by atoms with van der Waals surface area (Å²) in [5.74, 6) is -0.722. The van der Waals surface area contributed by atoms with E-state index in [0.717, 1.165) is 24.2 Å². The lowest BCUT2D eigenvalue weighted by Gasteiger charge is -2.26. The fourth-order valence-corrected chi connectivity index (χ4v) is 4.64. The second-order valence-electron chi connectivity index (χ2n) is 7.35. The maximum atomic E-state index is 13.1. The van der Waals surface area contributed by atoms with Gasteiger partial charge in [0.25, 0.3) is 0 Å². The van der Waals surface area contributed by atoms with Crippen LogP contribution in [0.25, 0.3) is 11.4 Å². The highest BCUT2D eigenvalue weighted by atomic mass is 32.2. The number of halogens is 1. The van der Waals surface area contributed by atoms with Gasteiger partial charge in [0.05, 0.1) is 37.3 Å². The monoisotopic (exact) mass is 423 g/mol. The van der Waals surface area contributed by atoms with Gasteiger partial charge in [0.1, 0.15) is 0 Å². The molecular weight excluding hydrogens is 401 g/mol. The number of ether oxygens (including phenoxy) is 1. The second-order valence-corrected chi connectivity index (χ2v) is 9.13. The molecule has 1 saturated carbocycles. The number of carbonyl (C=O) groups is 1. The molecule has 156 valence electrons. The predicted octanol–water partition coefficient (Wildman–Crippen LogP) is 1.06. The number of carbonyl (C=O) groups excluding carboxylic acids is 1. The minimum Gasteiger partial charge on any atom is -0.469 e. The van der Waals surface area contributed by atoms with Gasteiger partial charge in [0.2, 0.25) is 10.0 Å². The minimum absolute atomic E-state index is 0.0597. The standard InChI is InChI=1S/C19H22FN3O5S/c1-28-18(25)19(8-15(16(24)9-19)23-29(2,26)27)7-12-4-3-5-13(6-12)17-21-10-14(20)11-22-17/h3-6,10-11,15-16,23-24H,7-9H2,1-2H3/t15-,16-,19-/m1/s1. The lowest BCUT2D eigenvalue weighted by atomic mass is 9.79. The molecular formula is C19H22FN3O5S. The third kappa shape index (κ3) is 4.95. The van der Waals surface area contributed by atoms with Crippen LogP contribution in [0.4, 0.5) is 4.39 Å². The van der Waals surface area contributed by atoms with E-state index in [4.69, 9.17) is 4.74 Å². The molecule has 2 aromatic rings. The average Bonchev–Trinajstić information content (AvgIpc) is 2.96. The molecule has 8 nitrogen and oxygen atoms in total. The van der Waals surface area contributed by atoms with Crippen LogP contribution in [-0.2, 0) is 26.0 Å². The van der Waals surface area contributed by atoms with Gasteiger partial charge in [-0.2, -0.15) is 0 Å². The van der Waals surface area contributed by atoms with E-state index in [1.807, 2.05) is 0 Å². The van der Waals surface area contributed by atoms with Gasteiger partial charge in [-0.05, 0) is 30.9 Å². The molecule has 1 aromatic carbocycles. The quantitative estimate of drug-likeness (QED) is 0.667. The molecule has 0 radical (unpaired) electrons. The van der Waals surface area contributed by atoms with E-state index in [1.165, 1.54) is 7.11 Å². The van der Waals surface area contributed by atoms with Crippen LogP contribution in [-0.4, -0.2) is 55.0 Å². The fraction of sp³-hybridized carbons (Fsp3) is 0.421. The molecule has 0 saturated heterocycles. The Bertz CT molecular complexity index is 999. The summed E-state index contributed by atoms with van der Waals surface area (Å²) < 4.78 is 43.6. The molecule has 0 bridgehead atoms. The largest absolute Gasteiger partial charge is 0.469 e. The number of nitrogens with one attached hydrogen (secondary N) is 1. The van der Waals surface area contributed by atoms with E-state index < -0.39 is 39.4 Å². The minimum atomic E-state index is -3.55. The maximum absolute atomic E-state index is 13.1. The lowest BCUT2D eigenvalue weighted by molar-refractivity contribution is -0.153. The van der Waals surface area contributed by atoms with E-state index in [9.17, 15) is 22.7 Å². The summed E-state index contributed by atoms with van der Waals surface area (Å²) in [5.41, 5.74) is 0.318. The molecule has 1 heterocycles. The van der Waals surface area contributed by atoms with E-state index in [2.05, 4.69) is 14.7 Å². The highest BCUT2D eigenvalue weighted by molar-refractivity contribution is 7.88. The summed E-state index contributed by atoms with van der Waals surface area (Å²) in [6.07, 6.45) is 2.51. The summed E-state index contributed by atoms with van der Waals surface area (Å²) in [5, 5.41) is 10.4. The summed E-state index contributed by atoms with van der Waals surface area (Å²) in [4.78, 5) is 20.5. The Balaban J connectivity index is 1.89. The maximum Gasteiger partial charge on any atom is 0.312 e. The van der Waals surface area contributed by atoms with Crippen LogP contribution >= 0.6 is 0 Å². The first-order valence-electron chi connectivity index (χ1n) is 8.92. The van der Waals surface area contributed by atoms with Gasteiger partial charge in [0.15, 0.2) is 11.6 Å². The molecule has 1 aliphatic carbocycles. The van der Waals surface area contributed by atoms with Crippen molar-refractivity contribution < 1.29 is 27.4 Å². The normalized spacial score (nSPS) is 24.4. The van der Waals surface area contributed by atoms with Crippen molar-refractivity contribution in [3.05, 3.63) is 48.0 Å². The molecule has 10 heteroatoms. The second kappa shape index (κ2) is 8.13. The number of aliphatic hydroxyl groups is 1. The Labute approximate surface area is 168 Å². The highest BCUT2D eigenvalue weighted by Gasteiger charge is 2.51. The molecule has 3 atom stereocenters. The van der Waals surface area contributed by atoms with Crippen molar-refractivity contribution in [3.8, 4) is 11.4 Å². The van der Waals surface area contributed by atoms with Gasteiger partial charge in [-0.25, -0.2) is 27.5 Å². The molecule has 2 N–H and O–H groups in total. The van der Waals surface area contributed by atoms with Crippen LogP contribution in [0, 0.1) is 11.2 Å². The molecule has 0 aliphatic heterocycles. The van der Waals surface area contributed by atoms with Crippen molar-refractivity contribution in [1.82, 2.24) is 14.7 Å². The van der Waals surface area contributed by atoms with Crippen molar-refractivity contribution in [1.29, 1.82) is 0 Å². The van der Waals surface area contributed by atoms with Crippen LogP contribution < -0.4 is 4.72 Å². The van der Waals surface area contributed by atoms with Crippen molar-refractivity contribution in [2.75, 3.05) is 13.4 Å². The van der Waals surface area contributed by atoms with Gasteiger partial charge in [0, 0.05) is 11.6 Å². The number of hydrogen-bond acceptors (Lipinski definition) is 7. The first kappa shape index (κ1) is 21.3. The van der Waals surface area contributed by atoms with E-state index in [-0.39, 0.29) is 19.3 Å². The predicted molar refractivity (Wildman–Crippen MR) is 103 cm³/mol. The molecule has 1 aliphatic rings. The Hall–Kier alpha value is -2.43. The van der Waals surface area contributed by atoms with Crippen LogP contribution in [0.5, 0.6) is 0 Å². The summed E-state index contributed by atoms with van der Waals surface area (Å²) in [7, 11) is -2.29. The van der Waals surface area contributed by atoms with Crippen molar-refractivity contribution in [3.63, 3.8) is 0 Å². The fourth-order valence-electron chi connectivity index (χ4n) is 3.85. The van der Waals surface area contributed by atoms with Crippen LogP contribution in [0.3, 0.4) is 0 Å². The molecule has 3 rings (SSSR count). The van der Waals surface area contributed by atoms with Crippen molar-refractivity contribution in [2.24, 2.45) is 5.41 Å². The summed E-state index contributed by atoms with van der Waals surface area (Å²) in [6, 6.07) is 6.33. The summed E-state index contributed by atoms with van der Waals surface area (Å²) in [6.45, 7) is 0. The van der Waals surface area contributed by atoms with E-state index in [0.29, 0.717) is 11.4 Å². The third-order valence-corrected chi connectivity index (χ3v) is 5.74. The zero-order valence-electron chi connectivity index (χ0n) is 16.0. The van der Waals surface area contributed by atoms with Crippen molar-refractivity contribution >= 4 is 16.0 Å². The van der Waals surface area contributed by atoms with E-state index in [1.54, 1.807) is 24.3 Å². The highest BCUT2D eigenvalue weighted by Crippen LogP contribution is 2.43. The van der Waals surface area contributed by atoms with Crippen LogP contribution in [0.2, 0.25) is 0 Å². The number of nitrogens with zero attached hydrogens (tertiary/aromatic N) is 2. The smallest absolute Gasteiger partial charge is 0.312 e. The lowest BCUT2D eigenvalue weighted by Crippen LogP contribution is -2.40. The number of benzene rings is 1. The van der Waals surface area contributed by atoms with Gasteiger partial charge < -0.3 is 9.84 Å². The Kier molecular flexibility index (Phi) is 5.97. The summed E-state index contributed by atoms with van der Waals surface area (Å²) >= 11 is 0. The molecule has 1 fully saturated rings. The van der Waals surface area contributed by atoms with Gasteiger partial charge in [-0.3, -0.25) is 4.79 Å². The van der Waals surface area contributed by atoms with Crippen molar-refractivity contribution in [2.45, 2.75) is 31.4 Å². The molecule has 0 unspecified atom stereocenters. The van der Waals surface area contributed by atoms with E-state index >= 15 is 0 Å². The van der Waals surface area contributed by atoms with Gasteiger partial charge in [-0.1, -0.05) is 18.2 Å². The number of sulfonamides is 1. The SMILES string of the molecule is COC(=O)[C@@]1(Cc2cccc(-c3ncc(F)cn3)c2)C[C@@H](O)[C@H](NS(C)(=O)=O)C1. The van der Waals surface area contributed by atoms with Gasteiger partial charge >= 0.3 is 5.97 Å². The van der Waals surface area contributed by atoms with Gasteiger partial charge in [-0.15, -0.1) is 0 Å². The number of aliphatic hydroxyl groups excluding tert-OH is 1. The topological polar surface area (TPSA) is 118 Å². The average molecular weight is 423 g/mol. The Morgan fingerprint density at radius 3 is 2.66 bits per heavy atom. The number of methoxy groups -OCH3 is 1. The number of esters is 1. The first-order valence-corrected chi connectivity index (χ1v) is 10.8. The van der Waals surface area contributed by atoms with Crippen LogP contribution in [0.15, 0.2) is 36.7 Å². The Morgan fingerprint density at radius 1 is 1.34 bits per heavy atom. The molecule has 1 aromatic heterocycles. The number of rotatable bonds is 6. The number of hydrogen-bond donors (Lipinski definition) is 2. The van der Waals surface area contributed by atoms with Crippen LogP contribution in [0.1, 0.15) is 18.4 Å².